The fourth-order valence-corrected chi connectivity index (χ4v) is 1.56. The van der Waals surface area contributed by atoms with Gasteiger partial charge in [-0.1, -0.05) is 17.7 Å². The minimum absolute atomic E-state index is 0.251. The minimum Gasteiger partial charge on any atom is -0.480 e. The lowest BCUT2D eigenvalue weighted by atomic mass is 10.1. The monoisotopic (exact) mass is 264 g/mol. The van der Waals surface area contributed by atoms with Gasteiger partial charge in [-0.15, -0.1) is 0 Å². The predicted octanol–water partition coefficient (Wildman–Crippen LogP) is 0.234. The van der Waals surface area contributed by atoms with Crippen molar-refractivity contribution >= 4 is 17.8 Å². The van der Waals surface area contributed by atoms with Crippen molar-refractivity contribution in [1.29, 1.82) is 0 Å². The lowest BCUT2D eigenvalue weighted by Crippen LogP contribution is -2.39. The molecule has 3 N–H and O–H groups in total. The van der Waals surface area contributed by atoms with Crippen molar-refractivity contribution in [1.82, 2.24) is 10.6 Å². The number of aliphatic carboxylic acids is 1. The van der Waals surface area contributed by atoms with Gasteiger partial charge in [0.25, 0.3) is 5.91 Å². The van der Waals surface area contributed by atoms with Gasteiger partial charge in [-0.2, -0.15) is 0 Å². The van der Waals surface area contributed by atoms with Crippen LogP contribution in [0.15, 0.2) is 18.2 Å². The molecule has 1 aromatic carbocycles. The van der Waals surface area contributed by atoms with Crippen LogP contribution in [-0.4, -0.2) is 36.0 Å². The first-order valence-corrected chi connectivity index (χ1v) is 5.74. The van der Waals surface area contributed by atoms with Crippen LogP contribution in [0.25, 0.3) is 0 Å². The Bertz CT molecular complexity index is 511. The number of carboxylic acids is 1. The van der Waals surface area contributed by atoms with Crippen LogP contribution in [0, 0.1) is 13.8 Å². The summed E-state index contributed by atoms with van der Waals surface area (Å²) < 4.78 is 0. The summed E-state index contributed by atoms with van der Waals surface area (Å²) in [5.74, 6) is -2.03. The summed E-state index contributed by atoms with van der Waals surface area (Å²) in [6.07, 6.45) is 0. The minimum atomic E-state index is -1.13. The molecular weight excluding hydrogens is 248 g/mol. The molecule has 0 aliphatic rings. The summed E-state index contributed by atoms with van der Waals surface area (Å²) in [6.45, 7) is 3.03. The molecule has 0 saturated carbocycles. The highest BCUT2D eigenvalue weighted by molar-refractivity contribution is 5.97. The van der Waals surface area contributed by atoms with E-state index >= 15 is 0 Å². The van der Waals surface area contributed by atoms with Crippen LogP contribution < -0.4 is 10.6 Å². The second-order valence-corrected chi connectivity index (χ2v) is 4.17. The van der Waals surface area contributed by atoms with Gasteiger partial charge in [-0.05, 0) is 25.5 Å². The van der Waals surface area contributed by atoms with E-state index in [1.165, 1.54) is 0 Å². The fraction of sp³-hybridized carbons (Fsp3) is 0.308. The van der Waals surface area contributed by atoms with Gasteiger partial charge < -0.3 is 15.7 Å². The highest BCUT2D eigenvalue weighted by Crippen LogP contribution is 2.09. The van der Waals surface area contributed by atoms with Crippen molar-refractivity contribution in [3.05, 3.63) is 34.9 Å². The number of rotatable bonds is 5. The summed E-state index contributed by atoms with van der Waals surface area (Å²) in [5.41, 5.74) is 2.37. The summed E-state index contributed by atoms with van der Waals surface area (Å²) in [4.78, 5) is 33.3. The Morgan fingerprint density at radius 1 is 1.11 bits per heavy atom. The molecular formula is C13H16N2O4. The summed E-state index contributed by atoms with van der Waals surface area (Å²) in [5, 5.41) is 13.0. The molecule has 6 heteroatoms. The third kappa shape index (κ3) is 4.79. The molecule has 1 aromatic rings. The van der Waals surface area contributed by atoms with Gasteiger partial charge in [-0.25, -0.2) is 0 Å². The van der Waals surface area contributed by atoms with E-state index in [-0.39, 0.29) is 12.5 Å². The van der Waals surface area contributed by atoms with Crippen molar-refractivity contribution < 1.29 is 19.5 Å². The second-order valence-electron chi connectivity index (χ2n) is 4.17. The molecule has 0 radical (unpaired) electrons. The zero-order valence-corrected chi connectivity index (χ0v) is 10.8. The molecule has 0 fully saturated rings. The number of carbonyl (C=O) groups is 3. The van der Waals surface area contributed by atoms with Crippen molar-refractivity contribution in [2.45, 2.75) is 13.8 Å². The summed E-state index contributed by atoms with van der Waals surface area (Å²) >= 11 is 0. The number of amides is 2. The van der Waals surface area contributed by atoms with E-state index in [4.69, 9.17) is 5.11 Å². The number of hydrogen-bond donors (Lipinski definition) is 3. The molecule has 0 aliphatic heterocycles. The summed E-state index contributed by atoms with van der Waals surface area (Å²) in [6, 6.07) is 5.38. The van der Waals surface area contributed by atoms with Crippen molar-refractivity contribution in [3.63, 3.8) is 0 Å². The molecule has 0 aromatic heterocycles. The van der Waals surface area contributed by atoms with Gasteiger partial charge in [0, 0.05) is 5.56 Å². The van der Waals surface area contributed by atoms with Crippen LogP contribution in [0.5, 0.6) is 0 Å². The first kappa shape index (κ1) is 14.7. The van der Waals surface area contributed by atoms with E-state index in [9.17, 15) is 14.4 Å². The lowest BCUT2D eigenvalue weighted by molar-refractivity contribution is -0.137. The average Bonchev–Trinajstić information content (AvgIpc) is 2.33. The quantitative estimate of drug-likeness (QED) is 0.709. The molecule has 1 rings (SSSR count). The normalized spacial score (nSPS) is 9.79. The zero-order chi connectivity index (χ0) is 14.4. The Morgan fingerprint density at radius 3 is 2.37 bits per heavy atom. The number of benzene rings is 1. The van der Waals surface area contributed by atoms with Gasteiger partial charge in [0.05, 0.1) is 6.54 Å². The van der Waals surface area contributed by atoms with Crippen LogP contribution >= 0.6 is 0 Å². The van der Waals surface area contributed by atoms with Gasteiger partial charge in [0.2, 0.25) is 5.91 Å². The maximum Gasteiger partial charge on any atom is 0.322 e. The SMILES string of the molecule is Cc1ccc(C(=O)NCC(=O)NCC(=O)O)c(C)c1. The Labute approximate surface area is 110 Å². The highest BCUT2D eigenvalue weighted by Gasteiger charge is 2.10. The van der Waals surface area contributed by atoms with Gasteiger partial charge in [0.15, 0.2) is 0 Å². The number of carbonyl (C=O) groups excluding carboxylic acids is 2. The van der Waals surface area contributed by atoms with Crippen LogP contribution in [0.4, 0.5) is 0 Å². The molecule has 0 saturated heterocycles. The van der Waals surface area contributed by atoms with Crippen LogP contribution in [-0.2, 0) is 9.59 Å². The Balaban J connectivity index is 2.51. The van der Waals surface area contributed by atoms with E-state index in [2.05, 4.69) is 10.6 Å². The number of carboxylic acid groups (broad SMARTS) is 1. The molecule has 0 unspecified atom stereocenters. The van der Waals surface area contributed by atoms with Crippen LogP contribution in [0.1, 0.15) is 21.5 Å². The van der Waals surface area contributed by atoms with Crippen molar-refractivity contribution in [2.24, 2.45) is 0 Å². The molecule has 6 nitrogen and oxygen atoms in total. The Kier molecular flexibility index (Phi) is 5.05. The summed E-state index contributed by atoms with van der Waals surface area (Å²) in [7, 11) is 0. The van der Waals surface area contributed by atoms with E-state index in [0.29, 0.717) is 5.56 Å². The Hall–Kier alpha value is -2.37. The molecule has 2 amide bonds. The molecule has 0 bridgehead atoms. The predicted molar refractivity (Wildman–Crippen MR) is 68.9 cm³/mol. The first-order valence-electron chi connectivity index (χ1n) is 5.74. The second kappa shape index (κ2) is 6.53. The van der Waals surface area contributed by atoms with Crippen molar-refractivity contribution in [3.8, 4) is 0 Å². The number of nitrogens with one attached hydrogen (secondary N) is 2. The van der Waals surface area contributed by atoms with E-state index in [1.807, 2.05) is 26.0 Å². The number of aryl methyl sites for hydroxylation is 2. The van der Waals surface area contributed by atoms with E-state index in [0.717, 1.165) is 11.1 Å². The fourth-order valence-electron chi connectivity index (χ4n) is 1.56. The topological polar surface area (TPSA) is 95.5 Å². The zero-order valence-electron chi connectivity index (χ0n) is 10.8. The third-order valence-corrected chi connectivity index (χ3v) is 2.47. The van der Waals surface area contributed by atoms with Crippen LogP contribution in [0.2, 0.25) is 0 Å². The molecule has 19 heavy (non-hydrogen) atoms. The maximum atomic E-state index is 11.8. The average molecular weight is 264 g/mol. The molecule has 102 valence electrons. The largest absolute Gasteiger partial charge is 0.480 e. The van der Waals surface area contributed by atoms with E-state index < -0.39 is 18.4 Å². The van der Waals surface area contributed by atoms with Gasteiger partial charge in [-0.3, -0.25) is 14.4 Å². The molecule has 0 aliphatic carbocycles. The van der Waals surface area contributed by atoms with Gasteiger partial charge >= 0.3 is 5.97 Å². The Morgan fingerprint density at radius 2 is 1.79 bits per heavy atom. The standard InChI is InChI=1S/C13H16N2O4/c1-8-3-4-10(9(2)5-8)13(19)15-6-11(16)14-7-12(17)18/h3-5H,6-7H2,1-2H3,(H,14,16)(H,15,19)(H,17,18). The third-order valence-electron chi connectivity index (χ3n) is 2.47. The van der Waals surface area contributed by atoms with Crippen LogP contribution in [0.3, 0.4) is 0 Å². The van der Waals surface area contributed by atoms with Gasteiger partial charge in [0.1, 0.15) is 6.54 Å². The molecule has 0 spiro atoms. The smallest absolute Gasteiger partial charge is 0.322 e. The maximum absolute atomic E-state index is 11.8. The molecule has 0 atom stereocenters. The van der Waals surface area contributed by atoms with E-state index in [1.54, 1.807) is 6.07 Å². The number of hydrogen-bond acceptors (Lipinski definition) is 3. The first-order chi connectivity index (χ1) is 8.90. The van der Waals surface area contributed by atoms with Crippen molar-refractivity contribution in [2.75, 3.05) is 13.1 Å². The molecule has 0 heterocycles. The lowest BCUT2D eigenvalue weighted by Gasteiger charge is -2.08. The highest BCUT2D eigenvalue weighted by atomic mass is 16.4.